The van der Waals surface area contributed by atoms with Crippen LogP contribution >= 0.6 is 0 Å². The summed E-state index contributed by atoms with van der Waals surface area (Å²) in [6.07, 6.45) is 3.56. The van der Waals surface area contributed by atoms with Crippen LogP contribution in [0, 0.1) is 0 Å². The number of ether oxygens (including phenoxy) is 1. The van der Waals surface area contributed by atoms with Crippen LogP contribution in [0.5, 0.6) is 0 Å². The van der Waals surface area contributed by atoms with E-state index >= 15 is 0 Å². The van der Waals surface area contributed by atoms with Crippen molar-refractivity contribution in [1.82, 2.24) is 10.2 Å². The second-order valence-corrected chi connectivity index (χ2v) is 5.33. The maximum atomic E-state index is 5.54. The molecule has 0 spiro atoms. The first kappa shape index (κ1) is 15.9. The molecule has 0 atom stereocenters. The van der Waals surface area contributed by atoms with E-state index in [2.05, 4.69) is 45.1 Å². The minimum atomic E-state index is 0.276. The summed E-state index contributed by atoms with van der Waals surface area (Å²) in [6, 6.07) is 0. The maximum absolute atomic E-state index is 5.54. The Hall–Kier alpha value is -0.120. The molecule has 0 aliphatic rings. The highest BCUT2D eigenvalue weighted by molar-refractivity contribution is 4.76. The Labute approximate surface area is 102 Å². The van der Waals surface area contributed by atoms with Gasteiger partial charge < -0.3 is 15.0 Å². The van der Waals surface area contributed by atoms with Gasteiger partial charge in [0.25, 0.3) is 0 Å². The molecule has 0 saturated carbocycles. The van der Waals surface area contributed by atoms with Gasteiger partial charge in [-0.2, -0.15) is 0 Å². The highest BCUT2D eigenvalue weighted by Crippen LogP contribution is 2.10. The fourth-order valence-electron chi connectivity index (χ4n) is 1.66. The molecule has 16 heavy (non-hydrogen) atoms. The van der Waals surface area contributed by atoms with Crippen molar-refractivity contribution in [1.29, 1.82) is 0 Å². The third-order valence-electron chi connectivity index (χ3n) is 2.63. The first-order valence-corrected chi connectivity index (χ1v) is 6.45. The standard InChI is InChI=1S/C13H30N2O/c1-6-8-13(2,3)14-9-7-11-16-12-10-15(4)5/h14H,6-12H2,1-5H3. The third kappa shape index (κ3) is 10.4. The van der Waals surface area contributed by atoms with Gasteiger partial charge in [0, 0.05) is 18.7 Å². The lowest BCUT2D eigenvalue weighted by atomic mass is 9.99. The van der Waals surface area contributed by atoms with E-state index in [1.807, 2.05) is 0 Å². The van der Waals surface area contributed by atoms with E-state index in [-0.39, 0.29) is 5.54 Å². The van der Waals surface area contributed by atoms with Gasteiger partial charge in [-0.25, -0.2) is 0 Å². The lowest BCUT2D eigenvalue weighted by Gasteiger charge is -2.25. The second-order valence-electron chi connectivity index (χ2n) is 5.33. The molecule has 0 saturated heterocycles. The van der Waals surface area contributed by atoms with Crippen LogP contribution < -0.4 is 5.32 Å². The van der Waals surface area contributed by atoms with Gasteiger partial charge in [0.1, 0.15) is 0 Å². The van der Waals surface area contributed by atoms with Crippen LogP contribution in [0.15, 0.2) is 0 Å². The largest absolute Gasteiger partial charge is 0.380 e. The summed E-state index contributed by atoms with van der Waals surface area (Å²) in [5.41, 5.74) is 0.276. The summed E-state index contributed by atoms with van der Waals surface area (Å²) in [5, 5.41) is 3.57. The van der Waals surface area contributed by atoms with Gasteiger partial charge in [-0.1, -0.05) is 13.3 Å². The molecule has 98 valence electrons. The zero-order valence-corrected chi connectivity index (χ0v) is 11.8. The molecule has 0 radical (unpaired) electrons. The van der Waals surface area contributed by atoms with E-state index in [0.29, 0.717) is 0 Å². The number of hydrogen-bond donors (Lipinski definition) is 1. The number of nitrogens with zero attached hydrogens (tertiary/aromatic N) is 1. The molecule has 0 bridgehead atoms. The first-order chi connectivity index (χ1) is 7.48. The summed E-state index contributed by atoms with van der Waals surface area (Å²) < 4.78 is 5.54. The van der Waals surface area contributed by atoms with Crippen LogP contribution in [-0.4, -0.2) is 50.8 Å². The molecule has 3 nitrogen and oxygen atoms in total. The Bertz CT molecular complexity index is 158. The van der Waals surface area contributed by atoms with Gasteiger partial charge in [-0.3, -0.25) is 0 Å². The number of hydrogen-bond acceptors (Lipinski definition) is 3. The zero-order chi connectivity index (χ0) is 12.4. The monoisotopic (exact) mass is 230 g/mol. The van der Waals surface area contributed by atoms with E-state index in [1.165, 1.54) is 12.8 Å². The second kappa shape index (κ2) is 8.97. The van der Waals surface area contributed by atoms with Crippen molar-refractivity contribution < 1.29 is 4.74 Å². The predicted octanol–water partition coefficient (Wildman–Crippen LogP) is 2.12. The van der Waals surface area contributed by atoms with Crippen molar-refractivity contribution in [3.05, 3.63) is 0 Å². The summed E-state index contributed by atoms with van der Waals surface area (Å²) in [6.45, 7) is 10.5. The quantitative estimate of drug-likeness (QED) is 0.582. The Kier molecular flexibility index (Phi) is 8.90. The molecule has 0 aromatic rings. The average Bonchev–Trinajstić information content (AvgIpc) is 2.15. The number of rotatable bonds is 10. The number of nitrogens with one attached hydrogen (secondary N) is 1. The Balaban J connectivity index is 3.26. The predicted molar refractivity (Wildman–Crippen MR) is 71.0 cm³/mol. The highest BCUT2D eigenvalue weighted by Gasteiger charge is 2.14. The molecule has 0 aliphatic carbocycles. The average molecular weight is 230 g/mol. The van der Waals surface area contributed by atoms with Crippen molar-refractivity contribution in [2.45, 2.75) is 45.6 Å². The molecule has 1 N–H and O–H groups in total. The Morgan fingerprint density at radius 3 is 2.44 bits per heavy atom. The van der Waals surface area contributed by atoms with Crippen LogP contribution in [0.2, 0.25) is 0 Å². The normalized spacial score (nSPS) is 12.4. The van der Waals surface area contributed by atoms with E-state index in [1.54, 1.807) is 0 Å². The summed E-state index contributed by atoms with van der Waals surface area (Å²) >= 11 is 0. The van der Waals surface area contributed by atoms with Crippen LogP contribution in [0.25, 0.3) is 0 Å². The van der Waals surface area contributed by atoms with Crippen molar-refractivity contribution in [3.63, 3.8) is 0 Å². The zero-order valence-electron chi connectivity index (χ0n) is 11.8. The molecule has 0 aliphatic heterocycles. The molecule has 0 aromatic carbocycles. The minimum absolute atomic E-state index is 0.276. The topological polar surface area (TPSA) is 24.5 Å². The van der Waals surface area contributed by atoms with E-state index in [4.69, 9.17) is 4.74 Å². The van der Waals surface area contributed by atoms with Crippen molar-refractivity contribution in [2.75, 3.05) is 40.4 Å². The fraction of sp³-hybridized carbons (Fsp3) is 1.00. The van der Waals surface area contributed by atoms with Crippen LogP contribution in [0.3, 0.4) is 0 Å². The minimum Gasteiger partial charge on any atom is -0.380 e. The van der Waals surface area contributed by atoms with Crippen molar-refractivity contribution in [3.8, 4) is 0 Å². The van der Waals surface area contributed by atoms with Crippen LogP contribution in [0.1, 0.15) is 40.0 Å². The molecule has 0 fully saturated rings. The fourth-order valence-corrected chi connectivity index (χ4v) is 1.66. The van der Waals surface area contributed by atoms with E-state index in [9.17, 15) is 0 Å². The van der Waals surface area contributed by atoms with Gasteiger partial charge in [-0.05, 0) is 47.3 Å². The maximum Gasteiger partial charge on any atom is 0.0593 e. The highest BCUT2D eigenvalue weighted by atomic mass is 16.5. The molecule has 0 rings (SSSR count). The Morgan fingerprint density at radius 2 is 1.88 bits per heavy atom. The van der Waals surface area contributed by atoms with Gasteiger partial charge in [0.05, 0.1) is 6.61 Å². The van der Waals surface area contributed by atoms with Gasteiger partial charge in [-0.15, -0.1) is 0 Å². The summed E-state index contributed by atoms with van der Waals surface area (Å²) in [5.74, 6) is 0. The first-order valence-electron chi connectivity index (χ1n) is 6.45. The van der Waals surface area contributed by atoms with Crippen molar-refractivity contribution >= 4 is 0 Å². The SMILES string of the molecule is CCCC(C)(C)NCCCOCCN(C)C. The lowest BCUT2D eigenvalue weighted by Crippen LogP contribution is -2.39. The molecule has 0 aromatic heterocycles. The van der Waals surface area contributed by atoms with Crippen LogP contribution in [0.4, 0.5) is 0 Å². The third-order valence-corrected chi connectivity index (χ3v) is 2.63. The van der Waals surface area contributed by atoms with E-state index in [0.717, 1.165) is 32.7 Å². The molecule has 3 heteroatoms. The summed E-state index contributed by atoms with van der Waals surface area (Å²) in [4.78, 5) is 2.14. The molecular formula is C13H30N2O. The van der Waals surface area contributed by atoms with Gasteiger partial charge in [0.15, 0.2) is 0 Å². The molecule has 0 unspecified atom stereocenters. The summed E-state index contributed by atoms with van der Waals surface area (Å²) in [7, 11) is 4.14. The molecule has 0 heterocycles. The Morgan fingerprint density at radius 1 is 1.19 bits per heavy atom. The number of likely N-dealkylation sites (N-methyl/N-ethyl adjacent to an activating group) is 1. The van der Waals surface area contributed by atoms with E-state index < -0.39 is 0 Å². The smallest absolute Gasteiger partial charge is 0.0593 e. The lowest BCUT2D eigenvalue weighted by molar-refractivity contribution is 0.114. The van der Waals surface area contributed by atoms with Crippen LogP contribution in [-0.2, 0) is 4.74 Å². The molecular weight excluding hydrogens is 200 g/mol. The van der Waals surface area contributed by atoms with Gasteiger partial charge in [0.2, 0.25) is 0 Å². The van der Waals surface area contributed by atoms with Crippen molar-refractivity contribution in [2.24, 2.45) is 0 Å². The molecule has 0 amide bonds. The van der Waals surface area contributed by atoms with Gasteiger partial charge >= 0.3 is 0 Å².